The van der Waals surface area contributed by atoms with Crippen LogP contribution < -0.4 is 16.0 Å². The van der Waals surface area contributed by atoms with Gasteiger partial charge in [0.2, 0.25) is 0 Å². The van der Waals surface area contributed by atoms with Crippen LogP contribution in [0.2, 0.25) is 0 Å². The molecule has 1 saturated heterocycles. The Morgan fingerprint density at radius 2 is 2.08 bits per heavy atom. The first kappa shape index (κ1) is 25.3. The van der Waals surface area contributed by atoms with Crippen LogP contribution in [0, 0.1) is 0 Å². The minimum atomic E-state index is -1.73. The van der Waals surface area contributed by atoms with Gasteiger partial charge in [0.15, 0.2) is 12.2 Å². The van der Waals surface area contributed by atoms with Crippen LogP contribution in [0.15, 0.2) is 47.5 Å². The smallest absolute Gasteiger partial charge is 0.315 e. The standard InChI is InChI=1S/C26H30N4O6/c1-4-35-25(34)26(2,3)16-6-5-7-18(13-16)30-10-11-36-21(24(30)33)20(31)23(32)29-17-8-9-19-15(12-17)14-28-22(19)27/h5-9,12-13,20-21,31H,4,10-11,14H2,1-3H3,(H2,27,28)(H,29,32). The van der Waals surface area contributed by atoms with E-state index in [1.807, 2.05) is 0 Å². The van der Waals surface area contributed by atoms with Crippen LogP contribution in [0.5, 0.6) is 0 Å². The number of benzene rings is 2. The highest BCUT2D eigenvalue weighted by Gasteiger charge is 2.40. The summed E-state index contributed by atoms with van der Waals surface area (Å²) in [5, 5.41) is 13.3. The lowest BCUT2D eigenvalue weighted by Gasteiger charge is -2.34. The number of aliphatic hydroxyl groups excluding tert-OH is 1. The van der Waals surface area contributed by atoms with E-state index >= 15 is 0 Å². The van der Waals surface area contributed by atoms with Gasteiger partial charge in [-0.15, -0.1) is 0 Å². The summed E-state index contributed by atoms with van der Waals surface area (Å²) in [6.07, 6.45) is -3.11. The van der Waals surface area contributed by atoms with Crippen molar-refractivity contribution in [2.24, 2.45) is 10.7 Å². The van der Waals surface area contributed by atoms with Crippen LogP contribution in [0.25, 0.3) is 0 Å². The Morgan fingerprint density at radius 3 is 2.83 bits per heavy atom. The molecule has 2 unspecified atom stereocenters. The van der Waals surface area contributed by atoms with Gasteiger partial charge >= 0.3 is 5.97 Å². The number of rotatable bonds is 7. The monoisotopic (exact) mass is 494 g/mol. The molecular formula is C26H30N4O6. The van der Waals surface area contributed by atoms with Crippen LogP contribution in [-0.2, 0) is 35.8 Å². The van der Waals surface area contributed by atoms with E-state index in [0.717, 1.165) is 11.1 Å². The van der Waals surface area contributed by atoms with Gasteiger partial charge in [-0.1, -0.05) is 12.1 Å². The highest BCUT2D eigenvalue weighted by atomic mass is 16.5. The van der Waals surface area contributed by atoms with Gasteiger partial charge in [0.05, 0.1) is 25.2 Å². The molecule has 0 aliphatic carbocycles. The van der Waals surface area contributed by atoms with Crippen molar-refractivity contribution < 1.29 is 29.0 Å². The summed E-state index contributed by atoms with van der Waals surface area (Å²) in [7, 11) is 0. The van der Waals surface area contributed by atoms with Crippen LogP contribution in [0.1, 0.15) is 37.5 Å². The molecule has 2 aliphatic rings. The second kappa shape index (κ2) is 10.1. The molecule has 2 atom stereocenters. The Labute approximate surface area is 209 Å². The Kier molecular flexibility index (Phi) is 7.09. The number of hydrogen-bond donors (Lipinski definition) is 3. The number of hydrogen-bond acceptors (Lipinski definition) is 8. The molecule has 2 heterocycles. The summed E-state index contributed by atoms with van der Waals surface area (Å²) in [4.78, 5) is 44.1. The molecule has 1 fully saturated rings. The molecule has 2 aromatic carbocycles. The number of nitrogens with zero attached hydrogens (tertiary/aromatic N) is 2. The van der Waals surface area contributed by atoms with Crippen molar-refractivity contribution in [3.63, 3.8) is 0 Å². The quantitative estimate of drug-likeness (QED) is 0.495. The van der Waals surface area contributed by atoms with E-state index in [1.165, 1.54) is 4.90 Å². The second-order valence-electron chi connectivity index (χ2n) is 9.18. The molecule has 10 nitrogen and oxygen atoms in total. The zero-order chi connectivity index (χ0) is 26.0. The number of amidine groups is 1. The molecule has 0 bridgehead atoms. The second-order valence-corrected chi connectivity index (χ2v) is 9.18. The number of nitrogens with two attached hydrogens (primary N) is 1. The number of ether oxygens (including phenoxy) is 2. The number of aliphatic hydroxyl groups is 1. The number of amides is 2. The first-order valence-corrected chi connectivity index (χ1v) is 11.8. The summed E-state index contributed by atoms with van der Waals surface area (Å²) in [5.74, 6) is -1.25. The summed E-state index contributed by atoms with van der Waals surface area (Å²) in [6.45, 7) is 6.29. The summed E-state index contributed by atoms with van der Waals surface area (Å²) in [6, 6.07) is 12.1. The highest BCUT2D eigenvalue weighted by Crippen LogP contribution is 2.30. The molecule has 4 N–H and O–H groups in total. The van der Waals surface area contributed by atoms with E-state index in [-0.39, 0.29) is 25.7 Å². The molecule has 2 aliphatic heterocycles. The molecule has 10 heteroatoms. The average Bonchev–Trinajstić information content (AvgIpc) is 3.23. The van der Waals surface area contributed by atoms with E-state index in [1.54, 1.807) is 63.2 Å². The lowest BCUT2D eigenvalue weighted by molar-refractivity contribution is -0.150. The fourth-order valence-corrected chi connectivity index (χ4v) is 4.24. The number of esters is 1. The number of morpholine rings is 1. The zero-order valence-electron chi connectivity index (χ0n) is 20.5. The van der Waals surface area contributed by atoms with Gasteiger partial charge in [0.1, 0.15) is 5.84 Å². The molecule has 4 rings (SSSR count). The van der Waals surface area contributed by atoms with Crippen molar-refractivity contribution in [1.82, 2.24) is 0 Å². The molecule has 0 radical (unpaired) electrons. The van der Waals surface area contributed by atoms with Crippen LogP contribution in [-0.4, -0.2) is 60.7 Å². The lowest BCUT2D eigenvalue weighted by atomic mass is 9.84. The van der Waals surface area contributed by atoms with Crippen molar-refractivity contribution in [3.05, 3.63) is 59.2 Å². The predicted octanol–water partition coefficient (Wildman–Crippen LogP) is 1.48. The van der Waals surface area contributed by atoms with Crippen molar-refractivity contribution in [2.45, 2.75) is 44.9 Å². The Balaban J connectivity index is 1.48. The van der Waals surface area contributed by atoms with E-state index in [0.29, 0.717) is 29.3 Å². The van der Waals surface area contributed by atoms with Gasteiger partial charge in [-0.2, -0.15) is 0 Å². The third-order valence-electron chi connectivity index (χ3n) is 6.41. The van der Waals surface area contributed by atoms with Gasteiger partial charge in [-0.3, -0.25) is 19.4 Å². The van der Waals surface area contributed by atoms with Crippen LogP contribution >= 0.6 is 0 Å². The number of nitrogens with one attached hydrogen (secondary N) is 1. The summed E-state index contributed by atoms with van der Waals surface area (Å²) in [5.41, 5.74) is 8.23. The molecular weight excluding hydrogens is 464 g/mol. The Bertz CT molecular complexity index is 1220. The average molecular weight is 495 g/mol. The molecule has 0 spiro atoms. The summed E-state index contributed by atoms with van der Waals surface area (Å²) < 4.78 is 10.7. The number of anilines is 2. The number of aliphatic imine (C=N–C) groups is 1. The van der Waals surface area contributed by atoms with Crippen LogP contribution in [0.4, 0.5) is 11.4 Å². The van der Waals surface area contributed by atoms with Crippen molar-refractivity contribution in [2.75, 3.05) is 30.0 Å². The largest absolute Gasteiger partial charge is 0.465 e. The SMILES string of the molecule is CCOC(=O)C(C)(C)c1cccc(N2CCOC(C(O)C(=O)Nc3ccc4c(c3)CN=C4N)C2=O)c1. The molecule has 2 aromatic rings. The van der Waals surface area contributed by atoms with E-state index < -0.39 is 29.4 Å². The number of carbonyl (C=O) groups is 3. The minimum absolute atomic E-state index is 0.127. The molecule has 0 saturated carbocycles. The van der Waals surface area contributed by atoms with Gasteiger partial charge in [-0.25, -0.2) is 0 Å². The predicted molar refractivity (Wildman–Crippen MR) is 134 cm³/mol. The molecule has 36 heavy (non-hydrogen) atoms. The first-order chi connectivity index (χ1) is 17.1. The third kappa shape index (κ3) is 4.82. The van der Waals surface area contributed by atoms with Gasteiger partial charge < -0.3 is 30.5 Å². The maximum Gasteiger partial charge on any atom is 0.315 e. The van der Waals surface area contributed by atoms with E-state index in [4.69, 9.17) is 15.2 Å². The Morgan fingerprint density at radius 1 is 1.31 bits per heavy atom. The van der Waals surface area contributed by atoms with E-state index in [2.05, 4.69) is 10.3 Å². The van der Waals surface area contributed by atoms with Gasteiger partial charge in [0, 0.05) is 23.5 Å². The van der Waals surface area contributed by atoms with Crippen LogP contribution in [0.3, 0.4) is 0 Å². The van der Waals surface area contributed by atoms with Gasteiger partial charge in [-0.05, 0) is 62.2 Å². The zero-order valence-corrected chi connectivity index (χ0v) is 20.5. The molecule has 0 aromatic heterocycles. The maximum absolute atomic E-state index is 13.3. The number of carbonyl (C=O) groups excluding carboxylic acids is 3. The third-order valence-corrected chi connectivity index (χ3v) is 6.41. The Hall–Kier alpha value is -3.76. The van der Waals surface area contributed by atoms with Crippen molar-refractivity contribution in [3.8, 4) is 0 Å². The number of fused-ring (bicyclic) bond motifs is 1. The fraction of sp³-hybridized carbons (Fsp3) is 0.385. The minimum Gasteiger partial charge on any atom is -0.465 e. The van der Waals surface area contributed by atoms with Gasteiger partial charge in [0.25, 0.3) is 11.8 Å². The van der Waals surface area contributed by atoms with Crippen molar-refractivity contribution >= 4 is 35.0 Å². The first-order valence-electron chi connectivity index (χ1n) is 11.8. The normalized spacial score (nSPS) is 18.3. The van der Waals surface area contributed by atoms with E-state index in [9.17, 15) is 19.5 Å². The lowest BCUT2D eigenvalue weighted by Crippen LogP contribution is -2.55. The van der Waals surface area contributed by atoms with Crippen molar-refractivity contribution in [1.29, 1.82) is 0 Å². The maximum atomic E-state index is 13.3. The highest BCUT2D eigenvalue weighted by molar-refractivity contribution is 6.05. The topological polar surface area (TPSA) is 144 Å². The molecule has 2 amide bonds. The fourth-order valence-electron chi connectivity index (χ4n) is 4.24. The molecule has 190 valence electrons. The summed E-state index contributed by atoms with van der Waals surface area (Å²) >= 11 is 0.